The molecular weight excluding hydrogens is 651 g/mol. The number of hydrogen-bond donors (Lipinski definition) is 0. The summed E-state index contributed by atoms with van der Waals surface area (Å²) in [7, 11) is 0. The summed E-state index contributed by atoms with van der Waals surface area (Å²) in [5.41, 5.74) is 16.1. The zero-order chi connectivity index (χ0) is 36.2. The lowest BCUT2D eigenvalue weighted by molar-refractivity contribution is 0.660. The molecule has 0 N–H and O–H groups in total. The SMILES string of the molecule is CC1(C)c2cc(-c3ccc4c(-c5ccccc5)c5ccccc5c(-c5ccccc5)c4c3)ccc2-c2ccc(N(c3ccccc3)c3ccccc3)cc21. The van der Waals surface area contributed by atoms with Gasteiger partial charge in [-0.25, -0.2) is 0 Å². The van der Waals surface area contributed by atoms with Crippen molar-refractivity contribution in [1.29, 1.82) is 0 Å². The van der Waals surface area contributed by atoms with Crippen molar-refractivity contribution in [1.82, 2.24) is 0 Å². The van der Waals surface area contributed by atoms with Crippen LogP contribution in [0.4, 0.5) is 17.1 Å². The Bertz CT molecular complexity index is 2780. The predicted molar refractivity (Wildman–Crippen MR) is 230 cm³/mol. The fourth-order valence-corrected chi connectivity index (χ4v) is 8.84. The van der Waals surface area contributed by atoms with Crippen LogP contribution in [-0.4, -0.2) is 0 Å². The largest absolute Gasteiger partial charge is 0.310 e. The van der Waals surface area contributed by atoms with Crippen LogP contribution in [0.25, 0.3) is 66.1 Å². The third kappa shape index (κ3) is 5.16. The number of fused-ring (bicyclic) bond motifs is 5. The first-order valence-electron chi connectivity index (χ1n) is 18.9. The summed E-state index contributed by atoms with van der Waals surface area (Å²) < 4.78 is 0. The number of nitrogens with zero attached hydrogens (tertiary/aromatic N) is 1. The van der Waals surface area contributed by atoms with Crippen LogP contribution < -0.4 is 4.90 Å². The monoisotopic (exact) mass is 689 g/mol. The summed E-state index contributed by atoms with van der Waals surface area (Å²) in [5, 5.41) is 5.09. The molecule has 0 atom stereocenters. The number of benzene rings is 9. The van der Waals surface area contributed by atoms with Gasteiger partial charge in [0.05, 0.1) is 0 Å². The molecule has 1 heteroatoms. The van der Waals surface area contributed by atoms with E-state index in [1.807, 2.05) is 0 Å². The number of anilines is 3. The number of rotatable bonds is 6. The van der Waals surface area contributed by atoms with Crippen LogP contribution in [0.1, 0.15) is 25.0 Å². The molecule has 9 aromatic rings. The number of hydrogen-bond acceptors (Lipinski definition) is 1. The van der Waals surface area contributed by atoms with E-state index in [2.05, 4.69) is 219 Å². The first-order valence-corrected chi connectivity index (χ1v) is 18.9. The van der Waals surface area contributed by atoms with E-state index in [9.17, 15) is 0 Å². The fourth-order valence-electron chi connectivity index (χ4n) is 8.84. The lowest BCUT2D eigenvalue weighted by atomic mass is 9.81. The summed E-state index contributed by atoms with van der Waals surface area (Å²) in [6, 6.07) is 73.2. The molecule has 0 aliphatic heterocycles. The minimum atomic E-state index is -0.182. The highest BCUT2D eigenvalue weighted by molar-refractivity contribution is 6.22. The Morgan fingerprint density at radius 2 is 0.741 bits per heavy atom. The number of para-hydroxylation sites is 2. The van der Waals surface area contributed by atoms with Gasteiger partial charge in [-0.15, -0.1) is 0 Å². The standard InChI is InChI=1S/C53H39N/c1-53(2)49-34-39(27-30-43(49)44-32-29-42(35-50(44)53)54(40-21-11-5-12-22-40)41-23-13-6-14-24-41)38-28-31-47-48(33-38)52(37-19-9-4-10-20-37)46-26-16-15-25-45(46)51(47)36-17-7-3-8-18-36/h3-35H,1-2H3. The molecule has 1 aliphatic rings. The lowest BCUT2D eigenvalue weighted by Gasteiger charge is -2.28. The molecule has 54 heavy (non-hydrogen) atoms. The lowest BCUT2D eigenvalue weighted by Crippen LogP contribution is -2.16. The van der Waals surface area contributed by atoms with Crippen LogP contribution >= 0.6 is 0 Å². The van der Waals surface area contributed by atoms with Crippen LogP contribution in [0.3, 0.4) is 0 Å². The van der Waals surface area contributed by atoms with Crippen LogP contribution in [-0.2, 0) is 5.41 Å². The molecule has 0 saturated carbocycles. The summed E-state index contributed by atoms with van der Waals surface area (Å²) in [4.78, 5) is 2.36. The van der Waals surface area contributed by atoms with Crippen molar-refractivity contribution >= 4 is 38.6 Å². The predicted octanol–water partition coefficient (Wildman–Crippen LogP) is 14.8. The van der Waals surface area contributed by atoms with E-state index in [0.29, 0.717) is 0 Å². The maximum Gasteiger partial charge on any atom is 0.0465 e. The van der Waals surface area contributed by atoms with Gasteiger partial charge in [0.15, 0.2) is 0 Å². The quantitative estimate of drug-likeness (QED) is 0.157. The molecule has 1 aliphatic carbocycles. The molecule has 0 unspecified atom stereocenters. The fraction of sp³-hybridized carbons (Fsp3) is 0.0566. The second kappa shape index (κ2) is 12.8. The van der Waals surface area contributed by atoms with E-state index in [4.69, 9.17) is 0 Å². The Hall–Kier alpha value is -6.70. The van der Waals surface area contributed by atoms with Crippen molar-refractivity contribution in [3.8, 4) is 44.5 Å². The molecule has 0 spiro atoms. The molecule has 256 valence electrons. The van der Waals surface area contributed by atoms with E-state index in [-0.39, 0.29) is 5.41 Å². The van der Waals surface area contributed by atoms with Crippen molar-refractivity contribution in [2.24, 2.45) is 0 Å². The van der Waals surface area contributed by atoms with Crippen LogP contribution in [0.2, 0.25) is 0 Å². The Kier molecular flexibility index (Phi) is 7.56. The molecular formula is C53H39N. The van der Waals surface area contributed by atoms with Gasteiger partial charge in [-0.3, -0.25) is 0 Å². The van der Waals surface area contributed by atoms with Crippen LogP contribution in [0.15, 0.2) is 200 Å². The highest BCUT2D eigenvalue weighted by Gasteiger charge is 2.36. The Morgan fingerprint density at radius 3 is 1.31 bits per heavy atom. The Balaban J connectivity index is 1.13. The van der Waals surface area contributed by atoms with Gasteiger partial charge < -0.3 is 4.90 Å². The summed E-state index contributed by atoms with van der Waals surface area (Å²) in [6.07, 6.45) is 0. The van der Waals surface area contributed by atoms with Crippen molar-refractivity contribution in [3.05, 3.63) is 211 Å². The molecule has 0 fully saturated rings. The van der Waals surface area contributed by atoms with E-state index in [1.54, 1.807) is 0 Å². The first-order chi connectivity index (χ1) is 26.6. The van der Waals surface area contributed by atoms with E-state index < -0.39 is 0 Å². The maximum atomic E-state index is 2.45. The van der Waals surface area contributed by atoms with Gasteiger partial charge in [-0.05, 0) is 126 Å². The highest BCUT2D eigenvalue weighted by atomic mass is 15.1. The minimum absolute atomic E-state index is 0.182. The highest BCUT2D eigenvalue weighted by Crippen LogP contribution is 2.52. The van der Waals surface area contributed by atoms with Crippen molar-refractivity contribution in [2.45, 2.75) is 19.3 Å². The average Bonchev–Trinajstić information content (AvgIpc) is 3.46. The van der Waals surface area contributed by atoms with E-state index in [0.717, 1.165) is 17.1 Å². The second-order valence-electron chi connectivity index (χ2n) is 14.9. The molecule has 0 aromatic heterocycles. The summed E-state index contributed by atoms with van der Waals surface area (Å²) >= 11 is 0. The van der Waals surface area contributed by atoms with Gasteiger partial charge >= 0.3 is 0 Å². The second-order valence-corrected chi connectivity index (χ2v) is 14.9. The smallest absolute Gasteiger partial charge is 0.0465 e. The normalized spacial score (nSPS) is 12.8. The van der Waals surface area contributed by atoms with Crippen molar-refractivity contribution < 1.29 is 0 Å². The van der Waals surface area contributed by atoms with Gasteiger partial charge in [0, 0.05) is 22.5 Å². The van der Waals surface area contributed by atoms with Gasteiger partial charge in [0.2, 0.25) is 0 Å². The van der Waals surface area contributed by atoms with Crippen LogP contribution in [0, 0.1) is 0 Å². The van der Waals surface area contributed by atoms with Gasteiger partial charge in [-0.1, -0.05) is 166 Å². The molecule has 0 saturated heterocycles. The third-order valence-electron chi connectivity index (χ3n) is 11.4. The molecule has 0 bridgehead atoms. The van der Waals surface area contributed by atoms with Crippen molar-refractivity contribution in [2.75, 3.05) is 4.90 Å². The average molecular weight is 690 g/mol. The molecule has 1 nitrogen and oxygen atoms in total. The Morgan fingerprint density at radius 1 is 0.315 bits per heavy atom. The maximum absolute atomic E-state index is 2.45. The zero-order valence-corrected chi connectivity index (χ0v) is 30.5. The van der Waals surface area contributed by atoms with Crippen LogP contribution in [0.5, 0.6) is 0 Å². The Labute approximate surface area is 317 Å². The topological polar surface area (TPSA) is 3.24 Å². The van der Waals surface area contributed by atoms with Gasteiger partial charge in [-0.2, -0.15) is 0 Å². The summed E-state index contributed by atoms with van der Waals surface area (Å²) in [5.74, 6) is 0. The van der Waals surface area contributed by atoms with Gasteiger partial charge in [0.25, 0.3) is 0 Å². The van der Waals surface area contributed by atoms with E-state index >= 15 is 0 Å². The summed E-state index contributed by atoms with van der Waals surface area (Å²) in [6.45, 7) is 4.76. The van der Waals surface area contributed by atoms with Gasteiger partial charge in [0.1, 0.15) is 0 Å². The van der Waals surface area contributed by atoms with E-state index in [1.165, 1.54) is 77.2 Å². The third-order valence-corrected chi connectivity index (χ3v) is 11.4. The molecule has 0 amide bonds. The molecule has 9 aromatic carbocycles. The zero-order valence-electron chi connectivity index (χ0n) is 30.5. The molecule has 0 radical (unpaired) electrons. The van der Waals surface area contributed by atoms with Crippen molar-refractivity contribution in [3.63, 3.8) is 0 Å². The molecule has 10 rings (SSSR count). The first kappa shape index (κ1) is 32.0. The molecule has 0 heterocycles. The minimum Gasteiger partial charge on any atom is -0.310 e.